The Balaban J connectivity index is 4.17. The zero-order valence-electron chi connectivity index (χ0n) is 44.5. The molecule has 2 atom stereocenters. The fourth-order valence-electron chi connectivity index (χ4n) is 9.07. The monoisotopic (exact) mass is 919 g/mol. The van der Waals surface area contributed by atoms with Crippen LogP contribution >= 0.6 is 0 Å². The summed E-state index contributed by atoms with van der Waals surface area (Å²) in [5, 5.41) is 0. The van der Waals surface area contributed by atoms with Crippen molar-refractivity contribution >= 4 is 17.9 Å². The van der Waals surface area contributed by atoms with Crippen molar-refractivity contribution in [1.29, 1.82) is 0 Å². The van der Waals surface area contributed by atoms with Crippen LogP contribution in [0.15, 0.2) is 0 Å². The molecule has 0 aromatic heterocycles. The van der Waals surface area contributed by atoms with Gasteiger partial charge in [0.25, 0.3) is 0 Å². The standard InChI is InChI=1S/C59H114O6/c1-5-8-10-12-14-16-17-18-19-25-29-32-36-40-44-48-52-59(62)65-56(53-63-57(60)50-46-42-38-33-15-13-11-9-6-2)54-64-58(61)51-47-43-39-35-31-28-26-23-21-20-22-24-27-30-34-37-41-45-49-55(4)7-3/h55-56H,5-54H2,1-4H3/t55?,56-/m0/s1. The summed E-state index contributed by atoms with van der Waals surface area (Å²) in [6, 6.07) is 0. The maximum atomic E-state index is 12.8. The van der Waals surface area contributed by atoms with Crippen LogP contribution in [0.5, 0.6) is 0 Å². The number of hydrogen-bond donors (Lipinski definition) is 0. The lowest BCUT2D eigenvalue weighted by molar-refractivity contribution is -0.167. The molecule has 6 nitrogen and oxygen atoms in total. The second-order valence-electron chi connectivity index (χ2n) is 20.5. The van der Waals surface area contributed by atoms with Crippen molar-refractivity contribution in [2.75, 3.05) is 13.2 Å². The molecule has 1 unspecified atom stereocenters. The third-order valence-electron chi connectivity index (χ3n) is 13.9. The van der Waals surface area contributed by atoms with E-state index in [1.54, 1.807) is 0 Å². The molecule has 0 rings (SSSR count). The van der Waals surface area contributed by atoms with Gasteiger partial charge in [0.2, 0.25) is 0 Å². The van der Waals surface area contributed by atoms with Crippen LogP contribution in [0.4, 0.5) is 0 Å². The van der Waals surface area contributed by atoms with Crippen molar-refractivity contribution in [1.82, 2.24) is 0 Å². The maximum Gasteiger partial charge on any atom is 0.306 e. The van der Waals surface area contributed by atoms with Gasteiger partial charge in [0.15, 0.2) is 6.10 Å². The maximum absolute atomic E-state index is 12.8. The minimum atomic E-state index is -0.761. The van der Waals surface area contributed by atoms with Gasteiger partial charge in [-0.1, -0.05) is 297 Å². The van der Waals surface area contributed by atoms with Crippen molar-refractivity contribution < 1.29 is 28.6 Å². The molecule has 0 saturated carbocycles. The van der Waals surface area contributed by atoms with Gasteiger partial charge in [0.05, 0.1) is 0 Å². The van der Waals surface area contributed by atoms with E-state index in [1.165, 1.54) is 231 Å². The molecular formula is C59H114O6. The van der Waals surface area contributed by atoms with Gasteiger partial charge in [-0.15, -0.1) is 0 Å². The molecule has 0 spiro atoms. The van der Waals surface area contributed by atoms with Crippen molar-refractivity contribution in [3.8, 4) is 0 Å². The number of rotatable bonds is 54. The number of ether oxygens (including phenoxy) is 3. The van der Waals surface area contributed by atoms with E-state index in [9.17, 15) is 14.4 Å². The molecule has 386 valence electrons. The van der Waals surface area contributed by atoms with Crippen LogP contribution in [-0.2, 0) is 28.6 Å². The average Bonchev–Trinajstić information content (AvgIpc) is 3.30. The zero-order valence-corrected chi connectivity index (χ0v) is 44.5. The van der Waals surface area contributed by atoms with E-state index >= 15 is 0 Å². The molecule has 0 amide bonds. The van der Waals surface area contributed by atoms with Gasteiger partial charge in [-0.25, -0.2) is 0 Å². The first-order valence-corrected chi connectivity index (χ1v) is 29.4. The van der Waals surface area contributed by atoms with E-state index < -0.39 is 6.10 Å². The summed E-state index contributed by atoms with van der Waals surface area (Å²) in [6.07, 6.45) is 58.1. The van der Waals surface area contributed by atoms with Gasteiger partial charge in [0.1, 0.15) is 13.2 Å². The Bertz CT molecular complexity index is 982. The Kier molecular flexibility index (Phi) is 52.1. The summed E-state index contributed by atoms with van der Waals surface area (Å²) in [5.74, 6) is 0.0720. The molecule has 0 bridgehead atoms. The van der Waals surface area contributed by atoms with Gasteiger partial charge in [-0.2, -0.15) is 0 Å². The second kappa shape index (κ2) is 53.4. The molecule has 0 radical (unpaired) electrons. The number of carbonyl (C=O) groups excluding carboxylic acids is 3. The van der Waals surface area contributed by atoms with Gasteiger partial charge >= 0.3 is 17.9 Å². The molecule has 0 aromatic rings. The highest BCUT2D eigenvalue weighted by Crippen LogP contribution is 2.18. The van der Waals surface area contributed by atoms with Gasteiger partial charge in [-0.05, 0) is 25.2 Å². The first kappa shape index (κ1) is 63.4. The fourth-order valence-corrected chi connectivity index (χ4v) is 9.07. The summed E-state index contributed by atoms with van der Waals surface area (Å²) in [7, 11) is 0. The molecule has 0 aromatic carbocycles. The molecule has 0 aliphatic rings. The van der Waals surface area contributed by atoms with E-state index in [-0.39, 0.29) is 31.1 Å². The Morgan fingerprint density at radius 1 is 0.308 bits per heavy atom. The molecule has 0 saturated heterocycles. The summed E-state index contributed by atoms with van der Waals surface area (Å²) in [5.41, 5.74) is 0. The van der Waals surface area contributed by atoms with Crippen LogP contribution < -0.4 is 0 Å². The minimum Gasteiger partial charge on any atom is -0.462 e. The van der Waals surface area contributed by atoms with E-state index in [4.69, 9.17) is 14.2 Å². The highest BCUT2D eigenvalue weighted by Gasteiger charge is 2.19. The Morgan fingerprint density at radius 2 is 0.538 bits per heavy atom. The topological polar surface area (TPSA) is 78.9 Å². The second-order valence-corrected chi connectivity index (χ2v) is 20.5. The molecular weight excluding hydrogens is 805 g/mol. The highest BCUT2D eigenvalue weighted by molar-refractivity contribution is 5.71. The number of carbonyl (C=O) groups is 3. The largest absolute Gasteiger partial charge is 0.462 e. The normalized spacial score (nSPS) is 12.4. The van der Waals surface area contributed by atoms with Crippen LogP contribution in [0.25, 0.3) is 0 Å². The minimum absolute atomic E-state index is 0.0619. The first-order chi connectivity index (χ1) is 31.9. The quantitative estimate of drug-likeness (QED) is 0.0344. The zero-order chi connectivity index (χ0) is 47.4. The van der Waals surface area contributed by atoms with Crippen molar-refractivity contribution in [3.05, 3.63) is 0 Å². The number of esters is 3. The molecule has 0 aliphatic carbocycles. The number of unbranched alkanes of at least 4 members (excludes halogenated alkanes) is 40. The SMILES string of the molecule is CCCCCCCCCCCCCCCCCCC(=O)O[C@@H](COC(=O)CCCCCCCCCCC)COC(=O)CCCCCCCCCCCCCCCCCCCCC(C)CC. The predicted molar refractivity (Wildman–Crippen MR) is 280 cm³/mol. The molecule has 0 N–H and O–H groups in total. The predicted octanol–water partition coefficient (Wildman–Crippen LogP) is 19.4. The lowest BCUT2D eigenvalue weighted by atomic mass is 9.99. The lowest BCUT2D eigenvalue weighted by Gasteiger charge is -2.18. The average molecular weight is 920 g/mol. The Morgan fingerprint density at radius 3 is 0.800 bits per heavy atom. The van der Waals surface area contributed by atoms with Gasteiger partial charge in [-0.3, -0.25) is 14.4 Å². The summed E-state index contributed by atoms with van der Waals surface area (Å²) in [6.45, 7) is 9.09. The summed E-state index contributed by atoms with van der Waals surface area (Å²) >= 11 is 0. The summed E-state index contributed by atoms with van der Waals surface area (Å²) < 4.78 is 16.9. The third-order valence-corrected chi connectivity index (χ3v) is 13.9. The van der Waals surface area contributed by atoms with Crippen LogP contribution in [0.3, 0.4) is 0 Å². The van der Waals surface area contributed by atoms with Gasteiger partial charge in [0, 0.05) is 19.3 Å². The van der Waals surface area contributed by atoms with Crippen molar-refractivity contribution in [2.24, 2.45) is 5.92 Å². The van der Waals surface area contributed by atoms with Crippen molar-refractivity contribution in [3.63, 3.8) is 0 Å². The van der Waals surface area contributed by atoms with Gasteiger partial charge < -0.3 is 14.2 Å². The Hall–Kier alpha value is -1.59. The molecule has 0 heterocycles. The molecule has 6 heteroatoms. The fraction of sp³-hybridized carbons (Fsp3) is 0.949. The highest BCUT2D eigenvalue weighted by atomic mass is 16.6. The van der Waals surface area contributed by atoms with Crippen molar-refractivity contribution in [2.45, 2.75) is 342 Å². The molecule has 65 heavy (non-hydrogen) atoms. The Labute approximate surface area is 406 Å². The van der Waals surface area contributed by atoms with Crippen LogP contribution in [-0.4, -0.2) is 37.2 Å². The van der Waals surface area contributed by atoms with E-state index in [1.807, 2.05) is 0 Å². The third kappa shape index (κ3) is 51.6. The van der Waals surface area contributed by atoms with E-state index in [2.05, 4.69) is 27.7 Å². The molecule has 0 aliphatic heterocycles. The summed E-state index contributed by atoms with van der Waals surface area (Å²) in [4.78, 5) is 38.0. The lowest BCUT2D eigenvalue weighted by Crippen LogP contribution is -2.30. The van der Waals surface area contributed by atoms with Crippen LogP contribution in [0, 0.1) is 5.92 Å². The number of hydrogen-bond acceptors (Lipinski definition) is 6. The molecule has 0 fully saturated rings. The van der Waals surface area contributed by atoms with Crippen LogP contribution in [0.1, 0.15) is 336 Å². The van der Waals surface area contributed by atoms with E-state index in [0.29, 0.717) is 19.3 Å². The smallest absolute Gasteiger partial charge is 0.306 e. The van der Waals surface area contributed by atoms with Crippen LogP contribution in [0.2, 0.25) is 0 Å². The van der Waals surface area contributed by atoms with E-state index in [0.717, 1.165) is 63.7 Å². The first-order valence-electron chi connectivity index (χ1n) is 29.4.